The number of likely N-dealkylation sites (tertiary alicyclic amines) is 1. The molecule has 0 bridgehead atoms. The summed E-state index contributed by atoms with van der Waals surface area (Å²) < 4.78 is 0. The first-order chi connectivity index (χ1) is 10.2. The van der Waals surface area contributed by atoms with Gasteiger partial charge in [-0.2, -0.15) is 0 Å². The number of aromatic nitrogens is 1. The number of carbonyl (C=O) groups is 1. The third kappa shape index (κ3) is 4.07. The predicted octanol–water partition coefficient (Wildman–Crippen LogP) is 3.56. The number of halogens is 3. The molecule has 126 valence electrons. The molecule has 1 fully saturated rings. The molecular weight excluding hydrogens is 357 g/mol. The van der Waals surface area contributed by atoms with Crippen LogP contribution in [0.2, 0.25) is 5.02 Å². The van der Waals surface area contributed by atoms with E-state index in [1.807, 2.05) is 24.1 Å². The Morgan fingerprint density at radius 2 is 1.96 bits per heavy atom. The molecule has 0 saturated carbocycles. The SMILES string of the molecule is CNC1CCN(C(=O)c2ccc(Cl)c3cccnc23)CC1.Cl.Cl. The Morgan fingerprint density at radius 1 is 1.26 bits per heavy atom. The Hall–Kier alpha value is -1.07. The van der Waals surface area contributed by atoms with Crippen molar-refractivity contribution >= 4 is 53.2 Å². The molecule has 2 aromatic rings. The van der Waals surface area contributed by atoms with E-state index in [-0.39, 0.29) is 30.7 Å². The molecule has 1 aromatic heterocycles. The lowest BCUT2D eigenvalue weighted by Crippen LogP contribution is -2.44. The summed E-state index contributed by atoms with van der Waals surface area (Å²) >= 11 is 6.18. The van der Waals surface area contributed by atoms with Gasteiger partial charge >= 0.3 is 0 Å². The molecule has 7 heteroatoms. The minimum absolute atomic E-state index is 0. The van der Waals surface area contributed by atoms with Crippen molar-refractivity contribution in [2.24, 2.45) is 0 Å². The van der Waals surface area contributed by atoms with Crippen molar-refractivity contribution in [2.45, 2.75) is 18.9 Å². The van der Waals surface area contributed by atoms with E-state index in [1.165, 1.54) is 0 Å². The third-order valence-electron chi connectivity index (χ3n) is 4.14. The smallest absolute Gasteiger partial charge is 0.256 e. The maximum Gasteiger partial charge on any atom is 0.256 e. The number of nitrogens with zero attached hydrogens (tertiary/aromatic N) is 2. The minimum atomic E-state index is 0. The standard InChI is InChI=1S/C16H18ClN3O.2ClH/c1-18-11-6-9-20(10-7-11)16(21)13-4-5-14(17)12-3-2-8-19-15(12)13;;/h2-5,8,11,18H,6-7,9-10H2,1H3;2*1H. The van der Waals surface area contributed by atoms with Crippen LogP contribution in [0.3, 0.4) is 0 Å². The van der Waals surface area contributed by atoms with Gasteiger partial charge in [-0.25, -0.2) is 0 Å². The molecule has 1 amide bonds. The summed E-state index contributed by atoms with van der Waals surface area (Å²) in [5.74, 6) is 0.0462. The lowest BCUT2D eigenvalue weighted by Gasteiger charge is -2.32. The van der Waals surface area contributed by atoms with Gasteiger partial charge in [0.1, 0.15) is 0 Å². The third-order valence-corrected chi connectivity index (χ3v) is 4.47. The molecule has 1 aliphatic heterocycles. The lowest BCUT2D eigenvalue weighted by atomic mass is 10.0. The number of piperidine rings is 1. The molecule has 0 spiro atoms. The molecule has 1 aromatic carbocycles. The lowest BCUT2D eigenvalue weighted by molar-refractivity contribution is 0.0709. The van der Waals surface area contributed by atoms with Gasteiger partial charge in [-0.05, 0) is 44.2 Å². The largest absolute Gasteiger partial charge is 0.338 e. The number of amides is 1. The van der Waals surface area contributed by atoms with Gasteiger partial charge in [-0.1, -0.05) is 11.6 Å². The topological polar surface area (TPSA) is 45.2 Å². The second kappa shape index (κ2) is 8.69. The quantitative estimate of drug-likeness (QED) is 0.871. The highest BCUT2D eigenvalue weighted by Gasteiger charge is 2.24. The number of hydrogen-bond donors (Lipinski definition) is 1. The average molecular weight is 377 g/mol. The van der Waals surface area contributed by atoms with E-state index in [2.05, 4.69) is 10.3 Å². The van der Waals surface area contributed by atoms with E-state index in [1.54, 1.807) is 18.3 Å². The normalized spacial score (nSPS) is 15.0. The maximum absolute atomic E-state index is 12.7. The Bertz CT molecular complexity index is 673. The molecule has 0 atom stereocenters. The molecule has 0 aliphatic carbocycles. The van der Waals surface area contributed by atoms with E-state index in [9.17, 15) is 4.79 Å². The molecule has 23 heavy (non-hydrogen) atoms. The average Bonchev–Trinajstić information content (AvgIpc) is 2.55. The Balaban J connectivity index is 0.00000132. The predicted molar refractivity (Wildman–Crippen MR) is 99.2 cm³/mol. The number of hydrogen-bond acceptors (Lipinski definition) is 3. The number of nitrogens with one attached hydrogen (secondary N) is 1. The second-order valence-corrected chi connectivity index (χ2v) is 5.76. The van der Waals surface area contributed by atoms with Crippen LogP contribution < -0.4 is 5.32 Å². The van der Waals surface area contributed by atoms with Crippen molar-refractivity contribution in [1.29, 1.82) is 0 Å². The van der Waals surface area contributed by atoms with E-state index >= 15 is 0 Å². The summed E-state index contributed by atoms with van der Waals surface area (Å²) in [5, 5.41) is 4.73. The van der Waals surface area contributed by atoms with Gasteiger partial charge in [0.15, 0.2) is 0 Å². The van der Waals surface area contributed by atoms with Crippen LogP contribution in [0.1, 0.15) is 23.2 Å². The van der Waals surface area contributed by atoms with Crippen molar-refractivity contribution in [2.75, 3.05) is 20.1 Å². The van der Waals surface area contributed by atoms with Crippen LogP contribution >= 0.6 is 36.4 Å². The first-order valence-electron chi connectivity index (χ1n) is 7.20. The summed E-state index contributed by atoms with van der Waals surface area (Å²) in [4.78, 5) is 19.0. The fourth-order valence-electron chi connectivity index (χ4n) is 2.85. The molecule has 1 aliphatic rings. The fraction of sp³-hybridized carbons (Fsp3) is 0.375. The number of benzene rings is 1. The molecule has 0 unspecified atom stereocenters. The Labute approximate surface area is 153 Å². The van der Waals surface area contributed by atoms with E-state index in [0.29, 0.717) is 22.1 Å². The molecule has 4 nitrogen and oxygen atoms in total. The van der Waals surface area contributed by atoms with Gasteiger partial charge in [-0.3, -0.25) is 9.78 Å². The van der Waals surface area contributed by atoms with Gasteiger partial charge in [-0.15, -0.1) is 24.8 Å². The second-order valence-electron chi connectivity index (χ2n) is 5.35. The summed E-state index contributed by atoms with van der Waals surface area (Å²) in [6.07, 6.45) is 3.67. The highest BCUT2D eigenvalue weighted by Crippen LogP contribution is 2.26. The highest BCUT2D eigenvalue weighted by atomic mass is 35.5. The van der Waals surface area contributed by atoms with Crippen LogP contribution in [0, 0.1) is 0 Å². The summed E-state index contributed by atoms with van der Waals surface area (Å²) in [6, 6.07) is 7.80. The zero-order valence-corrected chi connectivity index (χ0v) is 15.2. The molecular formula is C16H20Cl3N3O. The van der Waals surface area contributed by atoms with Crippen molar-refractivity contribution in [3.05, 3.63) is 41.0 Å². The van der Waals surface area contributed by atoms with Gasteiger partial charge in [0.05, 0.1) is 16.1 Å². The summed E-state index contributed by atoms with van der Waals surface area (Å²) in [7, 11) is 1.97. The van der Waals surface area contributed by atoms with Crippen LogP contribution in [0.5, 0.6) is 0 Å². The summed E-state index contributed by atoms with van der Waals surface area (Å²) in [6.45, 7) is 1.56. The van der Waals surface area contributed by atoms with Gasteiger partial charge in [0, 0.05) is 30.7 Å². The molecule has 1 saturated heterocycles. The number of pyridine rings is 1. The number of rotatable bonds is 2. The summed E-state index contributed by atoms with van der Waals surface area (Å²) in [5.41, 5.74) is 1.32. The first-order valence-corrected chi connectivity index (χ1v) is 7.58. The Morgan fingerprint density at radius 3 is 2.61 bits per heavy atom. The maximum atomic E-state index is 12.7. The molecule has 3 rings (SSSR count). The van der Waals surface area contributed by atoms with Gasteiger partial charge in [0.25, 0.3) is 5.91 Å². The van der Waals surface area contributed by atoms with E-state index < -0.39 is 0 Å². The zero-order chi connectivity index (χ0) is 14.8. The first kappa shape index (κ1) is 20.0. The zero-order valence-electron chi connectivity index (χ0n) is 12.8. The van der Waals surface area contributed by atoms with E-state index in [0.717, 1.165) is 31.3 Å². The van der Waals surface area contributed by atoms with Crippen LogP contribution in [0.25, 0.3) is 10.9 Å². The van der Waals surface area contributed by atoms with Crippen molar-refractivity contribution < 1.29 is 4.79 Å². The fourth-order valence-corrected chi connectivity index (χ4v) is 3.07. The molecule has 1 N–H and O–H groups in total. The van der Waals surface area contributed by atoms with E-state index in [4.69, 9.17) is 11.6 Å². The van der Waals surface area contributed by atoms with Crippen molar-refractivity contribution in [3.63, 3.8) is 0 Å². The van der Waals surface area contributed by atoms with Gasteiger partial charge in [0.2, 0.25) is 0 Å². The van der Waals surface area contributed by atoms with Crippen molar-refractivity contribution in [1.82, 2.24) is 15.2 Å². The molecule has 0 radical (unpaired) electrons. The van der Waals surface area contributed by atoms with Crippen LogP contribution in [-0.2, 0) is 0 Å². The van der Waals surface area contributed by atoms with Crippen molar-refractivity contribution in [3.8, 4) is 0 Å². The Kier molecular flexibility index (Phi) is 7.55. The monoisotopic (exact) mass is 375 g/mol. The van der Waals surface area contributed by atoms with Gasteiger partial charge < -0.3 is 10.2 Å². The minimum Gasteiger partial charge on any atom is -0.338 e. The number of fused-ring (bicyclic) bond motifs is 1. The highest BCUT2D eigenvalue weighted by molar-refractivity contribution is 6.36. The van der Waals surface area contributed by atoms with Crippen LogP contribution in [0.15, 0.2) is 30.5 Å². The number of carbonyl (C=O) groups excluding carboxylic acids is 1. The molecule has 2 heterocycles. The van der Waals surface area contributed by atoms with Crippen LogP contribution in [0.4, 0.5) is 0 Å². The van der Waals surface area contributed by atoms with Crippen LogP contribution in [-0.4, -0.2) is 42.0 Å².